The lowest BCUT2D eigenvalue weighted by atomic mass is 10.1. The molecule has 112 valence electrons. The zero-order chi connectivity index (χ0) is 13.8. The van der Waals surface area contributed by atoms with Crippen molar-refractivity contribution in [1.82, 2.24) is 10.2 Å². The Morgan fingerprint density at radius 2 is 2.05 bits per heavy atom. The van der Waals surface area contributed by atoms with Crippen molar-refractivity contribution in [3.8, 4) is 0 Å². The van der Waals surface area contributed by atoms with Crippen LogP contribution in [-0.4, -0.2) is 42.5 Å². The summed E-state index contributed by atoms with van der Waals surface area (Å²) in [6.07, 6.45) is 0. The second kappa shape index (κ2) is 8.17. The minimum absolute atomic E-state index is 0. The molecule has 2 rings (SSSR count). The first-order chi connectivity index (χ1) is 9.02. The quantitative estimate of drug-likeness (QED) is 0.753. The summed E-state index contributed by atoms with van der Waals surface area (Å²) in [5.41, 5.74) is 0.869. The predicted octanol–water partition coefficient (Wildman–Crippen LogP) is 2.33. The van der Waals surface area contributed by atoms with Crippen molar-refractivity contribution in [2.45, 2.75) is 25.9 Å². The number of piperazine rings is 1. The number of hydrogen-bond donors (Lipinski definition) is 2. The van der Waals surface area contributed by atoms with Gasteiger partial charge in [-0.1, -0.05) is 6.07 Å². The number of carbonyl (C=O) groups is 1. The molecule has 1 amide bonds. The summed E-state index contributed by atoms with van der Waals surface area (Å²) in [6, 6.07) is 8.73. The summed E-state index contributed by atoms with van der Waals surface area (Å²) in [4.78, 5) is 14.2. The second-order valence-electron chi connectivity index (χ2n) is 5.22. The molecule has 1 aliphatic rings. The van der Waals surface area contributed by atoms with Gasteiger partial charge in [0.1, 0.15) is 0 Å². The number of benzene rings is 1. The molecule has 2 unspecified atom stereocenters. The van der Waals surface area contributed by atoms with Crippen molar-refractivity contribution >= 4 is 46.6 Å². The molecule has 6 heteroatoms. The molecule has 20 heavy (non-hydrogen) atoms. The molecule has 0 aliphatic carbocycles. The highest BCUT2D eigenvalue weighted by Gasteiger charge is 2.22. The highest BCUT2D eigenvalue weighted by atomic mass is 127. The highest BCUT2D eigenvalue weighted by molar-refractivity contribution is 14.1. The maximum atomic E-state index is 12.0. The molecule has 0 saturated carbocycles. The summed E-state index contributed by atoms with van der Waals surface area (Å²) in [5.74, 6) is 0.0586. The highest BCUT2D eigenvalue weighted by Crippen LogP contribution is 2.12. The van der Waals surface area contributed by atoms with Crippen molar-refractivity contribution in [2.75, 3.05) is 25.0 Å². The smallest absolute Gasteiger partial charge is 0.238 e. The summed E-state index contributed by atoms with van der Waals surface area (Å²) < 4.78 is 1.12. The molecule has 2 atom stereocenters. The number of halogens is 2. The average molecular weight is 410 g/mol. The Kier molecular flexibility index (Phi) is 7.22. The molecule has 0 radical (unpaired) electrons. The summed E-state index contributed by atoms with van der Waals surface area (Å²) >= 11 is 2.24. The van der Waals surface area contributed by atoms with Crippen LogP contribution in [0.5, 0.6) is 0 Å². The van der Waals surface area contributed by atoms with Gasteiger partial charge in [-0.15, -0.1) is 12.4 Å². The van der Waals surface area contributed by atoms with Gasteiger partial charge >= 0.3 is 0 Å². The van der Waals surface area contributed by atoms with Gasteiger partial charge in [0.2, 0.25) is 5.91 Å². The molecule has 1 aliphatic heterocycles. The van der Waals surface area contributed by atoms with E-state index >= 15 is 0 Å². The average Bonchev–Trinajstić information content (AvgIpc) is 2.26. The molecule has 1 aromatic rings. The number of nitrogens with zero attached hydrogens (tertiary/aromatic N) is 1. The molecule has 1 fully saturated rings. The van der Waals surface area contributed by atoms with Gasteiger partial charge in [-0.25, -0.2) is 0 Å². The van der Waals surface area contributed by atoms with Crippen molar-refractivity contribution < 1.29 is 4.79 Å². The van der Waals surface area contributed by atoms with E-state index < -0.39 is 0 Å². The second-order valence-corrected chi connectivity index (χ2v) is 6.47. The molecule has 1 aromatic carbocycles. The number of amides is 1. The van der Waals surface area contributed by atoms with Gasteiger partial charge in [0.25, 0.3) is 0 Å². The van der Waals surface area contributed by atoms with Gasteiger partial charge in [0.05, 0.1) is 6.54 Å². The first-order valence-corrected chi connectivity index (χ1v) is 7.64. The Morgan fingerprint density at radius 3 is 2.65 bits per heavy atom. The number of anilines is 1. The maximum Gasteiger partial charge on any atom is 0.238 e. The lowest BCUT2D eigenvalue weighted by Crippen LogP contribution is -2.55. The minimum atomic E-state index is 0. The molecular formula is C14H21ClIN3O. The van der Waals surface area contributed by atoms with Crippen LogP contribution in [0.3, 0.4) is 0 Å². The van der Waals surface area contributed by atoms with Crippen LogP contribution in [0.15, 0.2) is 24.3 Å². The number of nitrogens with one attached hydrogen (secondary N) is 2. The molecule has 0 aromatic heterocycles. The van der Waals surface area contributed by atoms with Crippen molar-refractivity contribution in [2.24, 2.45) is 0 Å². The van der Waals surface area contributed by atoms with Crippen LogP contribution in [0.4, 0.5) is 5.69 Å². The van der Waals surface area contributed by atoms with Gasteiger partial charge < -0.3 is 10.6 Å². The fourth-order valence-electron chi connectivity index (χ4n) is 2.54. The Balaban J connectivity index is 0.00000200. The van der Waals surface area contributed by atoms with Crippen molar-refractivity contribution in [3.05, 3.63) is 27.8 Å². The summed E-state index contributed by atoms with van der Waals surface area (Å²) in [5, 5.41) is 6.42. The van der Waals surface area contributed by atoms with Crippen molar-refractivity contribution in [1.29, 1.82) is 0 Å². The molecule has 4 nitrogen and oxygen atoms in total. The Hall–Kier alpha value is -0.370. The number of rotatable bonds is 3. The molecule has 0 bridgehead atoms. The molecule has 0 spiro atoms. The van der Waals surface area contributed by atoms with E-state index in [0.29, 0.717) is 18.6 Å². The summed E-state index contributed by atoms with van der Waals surface area (Å²) in [6.45, 7) is 6.61. The molecule has 1 heterocycles. The lowest BCUT2D eigenvalue weighted by molar-refractivity contribution is -0.117. The SMILES string of the molecule is CC1CN(CC(=O)Nc2cccc(I)c2)CC(C)N1.Cl. The Labute approximate surface area is 140 Å². The van der Waals surface area contributed by atoms with Gasteiger partial charge in [-0.3, -0.25) is 9.69 Å². The van der Waals surface area contributed by atoms with Crippen LogP contribution in [-0.2, 0) is 4.79 Å². The molecular weight excluding hydrogens is 389 g/mol. The van der Waals surface area contributed by atoms with Crippen LogP contribution >= 0.6 is 35.0 Å². The zero-order valence-corrected chi connectivity index (χ0v) is 14.7. The van der Waals surface area contributed by atoms with E-state index in [-0.39, 0.29) is 18.3 Å². The number of carbonyl (C=O) groups excluding carboxylic acids is 1. The Bertz CT molecular complexity index is 448. The summed E-state index contributed by atoms with van der Waals surface area (Å²) in [7, 11) is 0. The van der Waals surface area contributed by atoms with Gasteiger partial charge in [0, 0.05) is 34.4 Å². The standard InChI is InChI=1S/C14H20IN3O.ClH/c1-10-7-18(8-11(2)16-10)9-14(19)17-13-5-3-4-12(15)6-13;/h3-6,10-11,16H,7-9H2,1-2H3,(H,17,19);1H. The third-order valence-electron chi connectivity index (χ3n) is 3.11. The zero-order valence-electron chi connectivity index (χ0n) is 11.7. The topological polar surface area (TPSA) is 44.4 Å². The largest absolute Gasteiger partial charge is 0.325 e. The van der Waals surface area contributed by atoms with E-state index in [4.69, 9.17) is 0 Å². The van der Waals surface area contributed by atoms with E-state index in [9.17, 15) is 4.79 Å². The van der Waals surface area contributed by atoms with E-state index in [1.54, 1.807) is 0 Å². The lowest BCUT2D eigenvalue weighted by Gasteiger charge is -2.35. The number of hydrogen-bond acceptors (Lipinski definition) is 3. The van der Waals surface area contributed by atoms with E-state index in [0.717, 1.165) is 22.3 Å². The van der Waals surface area contributed by atoms with Gasteiger partial charge in [0.15, 0.2) is 0 Å². The van der Waals surface area contributed by atoms with Crippen LogP contribution in [0.1, 0.15) is 13.8 Å². The minimum Gasteiger partial charge on any atom is -0.325 e. The maximum absolute atomic E-state index is 12.0. The van der Waals surface area contributed by atoms with Crippen LogP contribution in [0, 0.1) is 3.57 Å². The van der Waals surface area contributed by atoms with Crippen molar-refractivity contribution in [3.63, 3.8) is 0 Å². The fourth-order valence-corrected chi connectivity index (χ4v) is 3.08. The third kappa shape index (κ3) is 5.55. The molecule has 1 saturated heterocycles. The third-order valence-corrected chi connectivity index (χ3v) is 3.78. The van der Waals surface area contributed by atoms with Crippen LogP contribution in [0.2, 0.25) is 0 Å². The van der Waals surface area contributed by atoms with Crippen LogP contribution < -0.4 is 10.6 Å². The Morgan fingerprint density at radius 1 is 1.40 bits per heavy atom. The molecule has 2 N–H and O–H groups in total. The first-order valence-electron chi connectivity index (χ1n) is 6.57. The van der Waals surface area contributed by atoms with E-state index in [1.807, 2.05) is 24.3 Å². The van der Waals surface area contributed by atoms with Crippen LogP contribution in [0.25, 0.3) is 0 Å². The normalized spacial score (nSPS) is 22.9. The first kappa shape index (κ1) is 17.7. The predicted molar refractivity (Wildman–Crippen MR) is 93.5 cm³/mol. The monoisotopic (exact) mass is 409 g/mol. The fraction of sp³-hybridized carbons (Fsp3) is 0.500. The van der Waals surface area contributed by atoms with Gasteiger partial charge in [-0.2, -0.15) is 0 Å². The van der Waals surface area contributed by atoms with E-state index in [1.165, 1.54) is 0 Å². The van der Waals surface area contributed by atoms with E-state index in [2.05, 4.69) is 52.0 Å². The van der Waals surface area contributed by atoms with Gasteiger partial charge in [-0.05, 0) is 54.6 Å².